The summed E-state index contributed by atoms with van der Waals surface area (Å²) in [6.45, 7) is 1.73. The Morgan fingerprint density at radius 2 is 2.25 bits per heavy atom. The minimum absolute atomic E-state index is 0.0871. The fraction of sp³-hybridized carbons (Fsp3) is 0.750. The van der Waals surface area contributed by atoms with Crippen molar-refractivity contribution in [2.75, 3.05) is 6.61 Å². The lowest BCUT2D eigenvalue weighted by Crippen LogP contribution is -2.26. The average Bonchev–Trinajstić information content (AvgIpc) is 2.28. The van der Waals surface area contributed by atoms with E-state index in [1.54, 1.807) is 0 Å². The lowest BCUT2D eigenvalue weighted by Gasteiger charge is -2.19. The van der Waals surface area contributed by atoms with Gasteiger partial charge >= 0.3 is 11.9 Å². The number of cyclic esters (lactones) is 2. The van der Waals surface area contributed by atoms with E-state index in [0.717, 1.165) is 0 Å². The van der Waals surface area contributed by atoms with Gasteiger partial charge in [0.1, 0.15) is 0 Å². The van der Waals surface area contributed by atoms with E-state index in [-0.39, 0.29) is 13.0 Å². The maximum absolute atomic E-state index is 11.2. The Bertz CT molecular complexity index is 211. The molecule has 0 unspecified atom stereocenters. The zero-order valence-corrected chi connectivity index (χ0v) is 7.00. The lowest BCUT2D eigenvalue weighted by molar-refractivity contribution is -0.155. The molecule has 0 aromatic rings. The number of hydrogen-bond acceptors (Lipinski definition) is 4. The summed E-state index contributed by atoms with van der Waals surface area (Å²) < 4.78 is 4.43. The summed E-state index contributed by atoms with van der Waals surface area (Å²) in [4.78, 5) is 22.0. The predicted molar refractivity (Wildman–Crippen MR) is 40.1 cm³/mol. The van der Waals surface area contributed by atoms with E-state index in [9.17, 15) is 9.59 Å². The van der Waals surface area contributed by atoms with Gasteiger partial charge in [0, 0.05) is 6.61 Å². The van der Waals surface area contributed by atoms with Gasteiger partial charge in [0.15, 0.2) is 0 Å². The molecule has 1 atom stereocenters. The highest BCUT2D eigenvalue weighted by molar-refractivity contribution is 5.97. The number of aliphatic hydroxyl groups is 1. The second kappa shape index (κ2) is 3.23. The largest absolute Gasteiger partial charge is 0.396 e. The summed E-state index contributed by atoms with van der Waals surface area (Å²) in [5, 5.41) is 8.71. The van der Waals surface area contributed by atoms with Crippen molar-refractivity contribution in [3.05, 3.63) is 0 Å². The lowest BCUT2D eigenvalue weighted by atomic mass is 9.81. The van der Waals surface area contributed by atoms with Crippen LogP contribution < -0.4 is 0 Å². The summed E-state index contributed by atoms with van der Waals surface area (Å²) >= 11 is 0. The summed E-state index contributed by atoms with van der Waals surface area (Å²) in [6.07, 6.45) is 0.967. The van der Waals surface area contributed by atoms with Crippen LogP contribution in [0.1, 0.15) is 26.2 Å². The standard InChI is InChI=1S/C8H12O4/c1-2-8(3-4-9)5-6(10)12-7(8)11/h9H,2-5H2,1H3/t8-/m1/s1. The van der Waals surface area contributed by atoms with Crippen molar-refractivity contribution >= 4 is 11.9 Å². The van der Waals surface area contributed by atoms with Crippen LogP contribution in [0.3, 0.4) is 0 Å². The molecule has 1 rings (SSSR count). The molecular formula is C8H12O4. The number of esters is 2. The van der Waals surface area contributed by atoms with Crippen LogP contribution in [0.5, 0.6) is 0 Å². The third kappa shape index (κ3) is 1.34. The third-order valence-electron chi connectivity index (χ3n) is 2.39. The molecule has 1 fully saturated rings. The molecule has 0 bridgehead atoms. The molecule has 12 heavy (non-hydrogen) atoms. The van der Waals surface area contributed by atoms with Crippen LogP contribution in [-0.2, 0) is 14.3 Å². The maximum Gasteiger partial charge on any atom is 0.320 e. The molecule has 1 N–H and O–H groups in total. The van der Waals surface area contributed by atoms with Gasteiger partial charge in [-0.25, -0.2) is 0 Å². The Hall–Kier alpha value is -0.900. The highest BCUT2D eigenvalue weighted by Crippen LogP contribution is 2.37. The van der Waals surface area contributed by atoms with Gasteiger partial charge in [-0.15, -0.1) is 0 Å². The monoisotopic (exact) mass is 172 g/mol. The fourth-order valence-corrected chi connectivity index (χ4v) is 1.45. The van der Waals surface area contributed by atoms with Crippen LogP contribution in [-0.4, -0.2) is 23.7 Å². The van der Waals surface area contributed by atoms with Crippen molar-refractivity contribution in [1.82, 2.24) is 0 Å². The van der Waals surface area contributed by atoms with Crippen molar-refractivity contribution in [1.29, 1.82) is 0 Å². The Labute approximate surface area is 70.5 Å². The van der Waals surface area contributed by atoms with E-state index < -0.39 is 17.4 Å². The van der Waals surface area contributed by atoms with Gasteiger partial charge in [0.25, 0.3) is 0 Å². The normalized spacial score (nSPS) is 29.2. The first-order valence-corrected chi connectivity index (χ1v) is 4.00. The van der Waals surface area contributed by atoms with Gasteiger partial charge in [0.2, 0.25) is 0 Å². The minimum atomic E-state index is -0.744. The smallest absolute Gasteiger partial charge is 0.320 e. The molecule has 0 aromatic heterocycles. The molecular weight excluding hydrogens is 160 g/mol. The molecule has 4 heteroatoms. The van der Waals surface area contributed by atoms with Gasteiger partial charge in [-0.1, -0.05) is 6.92 Å². The van der Waals surface area contributed by atoms with E-state index in [0.29, 0.717) is 12.8 Å². The van der Waals surface area contributed by atoms with Crippen LogP contribution in [0.2, 0.25) is 0 Å². The quantitative estimate of drug-likeness (QED) is 0.489. The van der Waals surface area contributed by atoms with Crippen LogP contribution in [0, 0.1) is 5.41 Å². The average molecular weight is 172 g/mol. The zero-order valence-electron chi connectivity index (χ0n) is 7.00. The molecule has 4 nitrogen and oxygen atoms in total. The van der Waals surface area contributed by atoms with Gasteiger partial charge in [-0.05, 0) is 12.8 Å². The number of carbonyl (C=O) groups is 2. The fourth-order valence-electron chi connectivity index (χ4n) is 1.45. The molecule has 0 spiro atoms. The van der Waals surface area contributed by atoms with Crippen LogP contribution in [0.4, 0.5) is 0 Å². The Morgan fingerprint density at radius 3 is 2.58 bits per heavy atom. The predicted octanol–water partition coefficient (Wildman–Crippen LogP) is 0.239. The van der Waals surface area contributed by atoms with Crippen molar-refractivity contribution in [3.63, 3.8) is 0 Å². The number of rotatable bonds is 3. The first kappa shape index (κ1) is 9.19. The summed E-state index contributed by atoms with van der Waals surface area (Å²) in [5.74, 6) is -0.959. The van der Waals surface area contributed by atoms with Crippen molar-refractivity contribution in [2.45, 2.75) is 26.2 Å². The van der Waals surface area contributed by atoms with Gasteiger partial charge in [-0.3, -0.25) is 9.59 Å². The first-order valence-electron chi connectivity index (χ1n) is 4.00. The van der Waals surface area contributed by atoms with E-state index >= 15 is 0 Å². The second-order valence-electron chi connectivity index (χ2n) is 3.05. The molecule has 0 radical (unpaired) electrons. The molecule has 0 amide bonds. The van der Waals surface area contributed by atoms with E-state index in [1.807, 2.05) is 6.92 Å². The molecule has 0 aliphatic carbocycles. The second-order valence-corrected chi connectivity index (χ2v) is 3.05. The highest BCUT2D eigenvalue weighted by Gasteiger charge is 2.47. The van der Waals surface area contributed by atoms with E-state index in [1.165, 1.54) is 0 Å². The summed E-state index contributed by atoms with van der Waals surface area (Å²) in [6, 6.07) is 0. The molecule has 1 saturated heterocycles. The van der Waals surface area contributed by atoms with Crippen LogP contribution in [0.25, 0.3) is 0 Å². The summed E-state index contributed by atoms with van der Waals surface area (Å²) in [5.41, 5.74) is -0.744. The minimum Gasteiger partial charge on any atom is -0.396 e. The molecule has 1 heterocycles. The van der Waals surface area contributed by atoms with Gasteiger partial charge in [-0.2, -0.15) is 0 Å². The molecule has 1 aliphatic rings. The molecule has 1 aliphatic heterocycles. The van der Waals surface area contributed by atoms with Crippen molar-refractivity contribution in [3.8, 4) is 0 Å². The van der Waals surface area contributed by atoms with Gasteiger partial charge < -0.3 is 9.84 Å². The van der Waals surface area contributed by atoms with E-state index in [2.05, 4.69) is 4.74 Å². The Morgan fingerprint density at radius 1 is 1.58 bits per heavy atom. The third-order valence-corrected chi connectivity index (χ3v) is 2.39. The van der Waals surface area contributed by atoms with Crippen LogP contribution >= 0.6 is 0 Å². The Balaban J connectivity index is 2.78. The number of hydrogen-bond donors (Lipinski definition) is 1. The maximum atomic E-state index is 11.2. The van der Waals surface area contributed by atoms with Crippen LogP contribution in [0.15, 0.2) is 0 Å². The number of ether oxygens (including phenoxy) is 1. The van der Waals surface area contributed by atoms with Crippen molar-refractivity contribution < 1.29 is 19.4 Å². The number of aliphatic hydroxyl groups excluding tert-OH is 1. The molecule has 0 aromatic carbocycles. The topological polar surface area (TPSA) is 63.6 Å². The number of carbonyl (C=O) groups excluding carboxylic acids is 2. The molecule has 0 saturated carbocycles. The zero-order chi connectivity index (χ0) is 9.19. The van der Waals surface area contributed by atoms with E-state index in [4.69, 9.17) is 5.11 Å². The highest BCUT2D eigenvalue weighted by atomic mass is 16.6. The van der Waals surface area contributed by atoms with Crippen molar-refractivity contribution in [2.24, 2.45) is 5.41 Å². The molecule has 68 valence electrons. The SMILES string of the molecule is CC[C@@]1(CCO)CC(=O)OC1=O. The Kier molecular flexibility index (Phi) is 2.47. The first-order chi connectivity index (χ1) is 5.64. The van der Waals surface area contributed by atoms with Gasteiger partial charge in [0.05, 0.1) is 11.8 Å². The summed E-state index contributed by atoms with van der Waals surface area (Å²) in [7, 11) is 0.